The fourth-order valence-electron chi connectivity index (χ4n) is 3.13. The number of nitrogens with zero attached hydrogens (tertiary/aromatic N) is 5. The second kappa shape index (κ2) is 8.00. The van der Waals surface area contributed by atoms with E-state index in [1.54, 1.807) is 12.1 Å². The molecule has 6 nitrogen and oxygen atoms in total. The van der Waals surface area contributed by atoms with Crippen LogP contribution in [0.4, 0.5) is 19.0 Å². The molecular formula is C19H17ClF3N5O. The van der Waals surface area contributed by atoms with Gasteiger partial charge in [0.25, 0.3) is 0 Å². The fraction of sp³-hybridized carbons (Fsp3) is 0.316. The third-order valence-electron chi connectivity index (χ3n) is 4.68. The molecule has 1 aliphatic rings. The number of pyridine rings is 1. The van der Waals surface area contributed by atoms with Crippen molar-refractivity contribution in [3.05, 3.63) is 59.1 Å². The summed E-state index contributed by atoms with van der Waals surface area (Å²) in [5.74, 6) is 1.52. The quantitative estimate of drug-likeness (QED) is 0.629. The summed E-state index contributed by atoms with van der Waals surface area (Å²) >= 11 is 5.99. The van der Waals surface area contributed by atoms with Gasteiger partial charge in [0.1, 0.15) is 5.82 Å². The molecule has 1 saturated heterocycles. The molecule has 0 spiro atoms. The van der Waals surface area contributed by atoms with Gasteiger partial charge in [-0.05, 0) is 24.3 Å². The van der Waals surface area contributed by atoms with Crippen LogP contribution >= 0.6 is 11.6 Å². The Morgan fingerprint density at radius 1 is 1.07 bits per heavy atom. The molecule has 1 aliphatic heterocycles. The predicted octanol–water partition coefficient (Wildman–Crippen LogP) is 4.13. The van der Waals surface area contributed by atoms with E-state index in [-0.39, 0.29) is 0 Å². The Balaban J connectivity index is 1.33. The Bertz CT molecular complexity index is 968. The zero-order valence-electron chi connectivity index (χ0n) is 15.2. The van der Waals surface area contributed by atoms with Gasteiger partial charge in [0, 0.05) is 43.0 Å². The van der Waals surface area contributed by atoms with Gasteiger partial charge in [-0.25, -0.2) is 4.98 Å². The van der Waals surface area contributed by atoms with E-state index >= 15 is 0 Å². The Morgan fingerprint density at radius 2 is 1.86 bits per heavy atom. The zero-order valence-corrected chi connectivity index (χ0v) is 16.0. The summed E-state index contributed by atoms with van der Waals surface area (Å²) in [6, 6.07) is 9.69. The van der Waals surface area contributed by atoms with Gasteiger partial charge in [0.2, 0.25) is 11.7 Å². The molecule has 1 aromatic carbocycles. The summed E-state index contributed by atoms with van der Waals surface area (Å²) in [6.45, 7) is 3.21. The molecule has 1 fully saturated rings. The second-order valence-electron chi connectivity index (χ2n) is 6.69. The maximum Gasteiger partial charge on any atom is 0.417 e. The normalized spacial score (nSPS) is 15.7. The maximum atomic E-state index is 12.7. The van der Waals surface area contributed by atoms with E-state index in [1.165, 1.54) is 6.07 Å². The number of hydrogen-bond acceptors (Lipinski definition) is 6. The highest BCUT2D eigenvalue weighted by molar-refractivity contribution is 6.30. The Labute approximate surface area is 169 Å². The molecule has 4 rings (SSSR count). The molecule has 0 radical (unpaired) electrons. The first kappa shape index (κ1) is 19.7. The van der Waals surface area contributed by atoms with Gasteiger partial charge >= 0.3 is 6.18 Å². The standard InChI is InChI=1S/C19H17ClF3N5O/c20-15-3-1-2-13(10-15)18-25-17(29-26-18)12-27-6-8-28(9-7-27)16-5-4-14(11-24-16)19(21,22)23/h1-5,10-11H,6-9,12H2. The van der Waals surface area contributed by atoms with Crippen molar-refractivity contribution >= 4 is 17.4 Å². The number of aromatic nitrogens is 3. The van der Waals surface area contributed by atoms with Crippen molar-refractivity contribution in [2.24, 2.45) is 0 Å². The van der Waals surface area contributed by atoms with E-state index in [0.717, 1.165) is 17.8 Å². The Kier molecular flexibility index (Phi) is 5.42. The van der Waals surface area contributed by atoms with Crippen molar-refractivity contribution < 1.29 is 17.7 Å². The lowest BCUT2D eigenvalue weighted by molar-refractivity contribution is -0.137. The SMILES string of the molecule is FC(F)(F)c1ccc(N2CCN(Cc3nc(-c4cccc(Cl)c4)no3)CC2)nc1. The monoisotopic (exact) mass is 423 g/mol. The predicted molar refractivity (Wildman–Crippen MR) is 101 cm³/mol. The highest BCUT2D eigenvalue weighted by Gasteiger charge is 2.31. The van der Waals surface area contributed by atoms with Gasteiger partial charge in [0.05, 0.1) is 12.1 Å². The molecule has 0 aliphatic carbocycles. The number of rotatable bonds is 4. The van der Waals surface area contributed by atoms with Crippen LogP contribution in [0.1, 0.15) is 11.5 Å². The maximum absolute atomic E-state index is 12.7. The van der Waals surface area contributed by atoms with Crippen LogP contribution in [0.2, 0.25) is 5.02 Å². The van der Waals surface area contributed by atoms with Gasteiger partial charge in [-0.15, -0.1) is 0 Å². The molecule has 0 unspecified atom stereocenters. The summed E-state index contributed by atoms with van der Waals surface area (Å²) in [6.07, 6.45) is -3.50. The lowest BCUT2D eigenvalue weighted by Gasteiger charge is -2.34. The molecule has 10 heteroatoms. The molecule has 2 aromatic heterocycles. The lowest BCUT2D eigenvalue weighted by Crippen LogP contribution is -2.46. The molecule has 0 atom stereocenters. The number of hydrogen-bond donors (Lipinski definition) is 0. The van der Waals surface area contributed by atoms with Crippen LogP contribution in [-0.4, -0.2) is 46.2 Å². The molecule has 0 N–H and O–H groups in total. The lowest BCUT2D eigenvalue weighted by atomic mass is 10.2. The van der Waals surface area contributed by atoms with Crippen molar-refractivity contribution in [2.45, 2.75) is 12.7 Å². The van der Waals surface area contributed by atoms with Gasteiger partial charge < -0.3 is 9.42 Å². The topological polar surface area (TPSA) is 58.3 Å². The van der Waals surface area contributed by atoms with Crippen LogP contribution in [0.25, 0.3) is 11.4 Å². The van der Waals surface area contributed by atoms with Crippen molar-refractivity contribution in [1.82, 2.24) is 20.0 Å². The molecule has 0 bridgehead atoms. The number of piperazine rings is 1. The van der Waals surface area contributed by atoms with Crippen LogP contribution in [-0.2, 0) is 12.7 Å². The van der Waals surface area contributed by atoms with Gasteiger partial charge in [-0.2, -0.15) is 18.2 Å². The largest absolute Gasteiger partial charge is 0.417 e. The minimum absolute atomic E-state index is 0.482. The van der Waals surface area contributed by atoms with Crippen LogP contribution in [0.3, 0.4) is 0 Å². The van der Waals surface area contributed by atoms with E-state index in [1.807, 2.05) is 17.0 Å². The van der Waals surface area contributed by atoms with Crippen molar-refractivity contribution in [3.63, 3.8) is 0 Å². The van der Waals surface area contributed by atoms with Crippen molar-refractivity contribution in [1.29, 1.82) is 0 Å². The smallest absolute Gasteiger partial charge is 0.354 e. The average Bonchev–Trinajstić information content (AvgIpc) is 3.17. The summed E-state index contributed by atoms with van der Waals surface area (Å²) in [5, 5.41) is 4.60. The Morgan fingerprint density at radius 3 is 2.52 bits per heavy atom. The van der Waals surface area contributed by atoms with Crippen LogP contribution in [0.5, 0.6) is 0 Å². The third kappa shape index (κ3) is 4.68. The molecule has 0 saturated carbocycles. The summed E-state index contributed by atoms with van der Waals surface area (Å²) in [4.78, 5) is 12.5. The van der Waals surface area contributed by atoms with Crippen LogP contribution in [0.15, 0.2) is 47.1 Å². The average molecular weight is 424 g/mol. The number of halogens is 4. The number of alkyl halides is 3. The molecule has 29 heavy (non-hydrogen) atoms. The molecule has 3 heterocycles. The van der Waals surface area contributed by atoms with Crippen LogP contribution in [0, 0.1) is 0 Å². The first-order valence-electron chi connectivity index (χ1n) is 8.97. The van der Waals surface area contributed by atoms with Crippen molar-refractivity contribution in [2.75, 3.05) is 31.1 Å². The summed E-state index contributed by atoms with van der Waals surface area (Å²) in [5.41, 5.74) is 0.0393. The van der Waals surface area contributed by atoms with E-state index in [0.29, 0.717) is 55.3 Å². The highest BCUT2D eigenvalue weighted by atomic mass is 35.5. The van der Waals surface area contributed by atoms with Gasteiger partial charge in [-0.1, -0.05) is 28.9 Å². The van der Waals surface area contributed by atoms with Gasteiger partial charge in [-0.3, -0.25) is 4.90 Å². The zero-order chi connectivity index (χ0) is 20.4. The highest BCUT2D eigenvalue weighted by Crippen LogP contribution is 2.29. The summed E-state index contributed by atoms with van der Waals surface area (Å²) in [7, 11) is 0. The van der Waals surface area contributed by atoms with E-state index in [9.17, 15) is 13.2 Å². The first-order valence-corrected chi connectivity index (χ1v) is 9.35. The first-order chi connectivity index (χ1) is 13.9. The Hall–Kier alpha value is -2.65. The number of anilines is 1. The second-order valence-corrected chi connectivity index (χ2v) is 7.12. The van der Waals surface area contributed by atoms with E-state index in [4.69, 9.17) is 16.1 Å². The third-order valence-corrected chi connectivity index (χ3v) is 4.92. The minimum Gasteiger partial charge on any atom is -0.354 e. The molecule has 152 valence electrons. The van der Waals surface area contributed by atoms with Crippen LogP contribution < -0.4 is 4.90 Å². The molecular weight excluding hydrogens is 407 g/mol. The van der Waals surface area contributed by atoms with E-state index in [2.05, 4.69) is 20.0 Å². The van der Waals surface area contributed by atoms with Crippen molar-refractivity contribution in [3.8, 4) is 11.4 Å². The summed E-state index contributed by atoms with van der Waals surface area (Å²) < 4.78 is 43.3. The minimum atomic E-state index is -4.38. The molecule has 3 aromatic rings. The van der Waals surface area contributed by atoms with Gasteiger partial charge in [0.15, 0.2) is 0 Å². The molecule has 0 amide bonds. The van der Waals surface area contributed by atoms with E-state index < -0.39 is 11.7 Å². The fourth-order valence-corrected chi connectivity index (χ4v) is 3.32. The number of benzene rings is 1.